The number of amides is 1. The molecule has 0 aliphatic carbocycles. The molecule has 0 spiro atoms. The van der Waals surface area contributed by atoms with E-state index in [0.717, 1.165) is 22.2 Å². The summed E-state index contributed by atoms with van der Waals surface area (Å²) in [4.78, 5) is 16.9. The fourth-order valence-electron chi connectivity index (χ4n) is 2.79. The van der Waals surface area contributed by atoms with Crippen molar-refractivity contribution in [2.45, 2.75) is 6.42 Å². The van der Waals surface area contributed by atoms with Gasteiger partial charge in [-0.25, -0.2) is 4.98 Å². The maximum absolute atomic E-state index is 12.4. The number of hydrogen-bond acceptors (Lipinski definition) is 5. The first-order valence-corrected chi connectivity index (χ1v) is 9.44. The van der Waals surface area contributed by atoms with Crippen molar-refractivity contribution in [3.63, 3.8) is 0 Å². The number of hydrogen-bond donors (Lipinski definition) is 1. The van der Waals surface area contributed by atoms with Crippen LogP contribution in [0.15, 0.2) is 58.5 Å². The Labute approximate surface area is 164 Å². The van der Waals surface area contributed by atoms with E-state index >= 15 is 0 Å². The number of anilines is 1. The van der Waals surface area contributed by atoms with Crippen LogP contribution in [0.2, 0.25) is 5.02 Å². The third-order valence-electron chi connectivity index (χ3n) is 4.11. The third kappa shape index (κ3) is 3.67. The topological polar surface area (TPSA) is 64.4 Å². The van der Waals surface area contributed by atoms with Crippen molar-refractivity contribution in [3.05, 3.63) is 64.7 Å². The van der Waals surface area contributed by atoms with Gasteiger partial charge in [-0.15, -0.1) is 11.3 Å². The average Bonchev–Trinajstić information content (AvgIpc) is 3.29. The van der Waals surface area contributed by atoms with Crippen LogP contribution < -0.4 is 10.1 Å². The van der Waals surface area contributed by atoms with Crippen molar-refractivity contribution in [2.24, 2.45) is 0 Å². The number of aromatic nitrogens is 1. The van der Waals surface area contributed by atoms with Crippen molar-refractivity contribution in [3.8, 4) is 17.0 Å². The second-order valence-electron chi connectivity index (χ2n) is 5.87. The highest BCUT2D eigenvalue weighted by atomic mass is 35.5. The molecule has 2 aromatic carbocycles. The highest BCUT2D eigenvalue weighted by molar-refractivity contribution is 7.14. The Morgan fingerprint density at radius 3 is 2.96 bits per heavy atom. The summed E-state index contributed by atoms with van der Waals surface area (Å²) in [5.74, 6) is 0.552. The molecule has 5 nitrogen and oxygen atoms in total. The fourth-order valence-corrected chi connectivity index (χ4v) is 3.75. The molecule has 4 rings (SSSR count). The molecule has 4 aromatic rings. The lowest BCUT2D eigenvalue weighted by Gasteiger charge is -2.02. The summed E-state index contributed by atoms with van der Waals surface area (Å²) in [6.07, 6.45) is 1.79. The first-order valence-electron chi connectivity index (χ1n) is 8.18. The van der Waals surface area contributed by atoms with Crippen molar-refractivity contribution >= 4 is 44.9 Å². The van der Waals surface area contributed by atoms with Gasteiger partial charge in [0.05, 0.1) is 25.5 Å². The monoisotopic (exact) mass is 398 g/mol. The lowest BCUT2D eigenvalue weighted by atomic mass is 10.1. The molecule has 0 aliphatic rings. The molecule has 0 bridgehead atoms. The number of benzene rings is 2. The van der Waals surface area contributed by atoms with Crippen LogP contribution in [0.25, 0.3) is 22.2 Å². The van der Waals surface area contributed by atoms with E-state index in [4.69, 9.17) is 20.8 Å². The second-order valence-corrected chi connectivity index (χ2v) is 7.13. The van der Waals surface area contributed by atoms with Gasteiger partial charge in [0.1, 0.15) is 11.3 Å². The number of thiazole rings is 1. The summed E-state index contributed by atoms with van der Waals surface area (Å²) in [6, 6.07) is 13.0. The fraction of sp³-hybridized carbons (Fsp3) is 0.100. The van der Waals surface area contributed by atoms with E-state index in [2.05, 4.69) is 10.3 Å². The Kier molecular flexibility index (Phi) is 4.83. The summed E-state index contributed by atoms with van der Waals surface area (Å²) >= 11 is 7.56. The molecule has 136 valence electrons. The van der Waals surface area contributed by atoms with E-state index in [0.29, 0.717) is 21.5 Å². The maximum atomic E-state index is 12.4. The van der Waals surface area contributed by atoms with Crippen molar-refractivity contribution < 1.29 is 13.9 Å². The molecular weight excluding hydrogens is 384 g/mol. The number of ether oxygens (including phenoxy) is 1. The van der Waals surface area contributed by atoms with E-state index in [1.807, 2.05) is 41.8 Å². The molecule has 0 radical (unpaired) electrons. The molecular formula is C20H15ClN2O3S. The predicted molar refractivity (Wildman–Crippen MR) is 108 cm³/mol. The number of nitrogens with zero attached hydrogens (tertiary/aromatic N) is 1. The summed E-state index contributed by atoms with van der Waals surface area (Å²) < 4.78 is 10.7. The van der Waals surface area contributed by atoms with Gasteiger partial charge < -0.3 is 14.5 Å². The molecule has 0 fully saturated rings. The number of fused-ring (bicyclic) bond motifs is 1. The molecule has 0 atom stereocenters. The summed E-state index contributed by atoms with van der Waals surface area (Å²) in [5, 5.41) is 6.76. The zero-order valence-corrected chi connectivity index (χ0v) is 15.9. The molecule has 7 heteroatoms. The number of nitrogens with one attached hydrogen (secondary N) is 1. The van der Waals surface area contributed by atoms with Crippen LogP contribution in [0.1, 0.15) is 5.56 Å². The van der Waals surface area contributed by atoms with E-state index in [9.17, 15) is 4.79 Å². The number of methoxy groups -OCH3 is 1. The van der Waals surface area contributed by atoms with Crippen molar-refractivity contribution in [1.82, 2.24) is 4.98 Å². The van der Waals surface area contributed by atoms with Gasteiger partial charge >= 0.3 is 0 Å². The minimum absolute atomic E-state index is 0.159. The molecule has 2 heterocycles. The van der Waals surface area contributed by atoms with Gasteiger partial charge in [0, 0.05) is 33.0 Å². The maximum Gasteiger partial charge on any atom is 0.230 e. The lowest BCUT2D eigenvalue weighted by molar-refractivity contribution is -0.115. The van der Waals surface area contributed by atoms with E-state index in [-0.39, 0.29) is 12.3 Å². The Balaban J connectivity index is 1.48. The molecule has 0 saturated heterocycles. The van der Waals surface area contributed by atoms with Crippen LogP contribution in [0.3, 0.4) is 0 Å². The molecule has 0 aliphatic heterocycles. The third-order valence-corrected chi connectivity index (χ3v) is 5.20. The molecule has 27 heavy (non-hydrogen) atoms. The number of furan rings is 1. The lowest BCUT2D eigenvalue weighted by Crippen LogP contribution is -2.13. The minimum Gasteiger partial charge on any atom is -0.497 e. The molecule has 0 saturated carbocycles. The highest BCUT2D eigenvalue weighted by Gasteiger charge is 2.14. The Bertz CT molecular complexity index is 1120. The predicted octanol–water partition coefficient (Wildman–Crippen LogP) is 5.40. The van der Waals surface area contributed by atoms with Crippen LogP contribution in [0, 0.1) is 0 Å². The van der Waals surface area contributed by atoms with Crippen LogP contribution in [-0.2, 0) is 11.2 Å². The number of carbonyl (C=O) groups excluding carboxylic acids is 1. The largest absolute Gasteiger partial charge is 0.497 e. The molecule has 1 amide bonds. The van der Waals surface area contributed by atoms with E-state index in [1.165, 1.54) is 11.3 Å². The average molecular weight is 399 g/mol. The molecule has 2 aromatic heterocycles. The summed E-state index contributed by atoms with van der Waals surface area (Å²) in [7, 11) is 1.60. The van der Waals surface area contributed by atoms with Gasteiger partial charge in [-0.05, 0) is 18.2 Å². The summed E-state index contributed by atoms with van der Waals surface area (Å²) in [6.45, 7) is 0. The second kappa shape index (κ2) is 7.42. The van der Waals surface area contributed by atoms with Crippen molar-refractivity contribution in [1.29, 1.82) is 0 Å². The quantitative estimate of drug-likeness (QED) is 0.489. The highest BCUT2D eigenvalue weighted by Crippen LogP contribution is 2.30. The van der Waals surface area contributed by atoms with Gasteiger partial charge in [-0.3, -0.25) is 4.79 Å². The van der Waals surface area contributed by atoms with Gasteiger partial charge in [-0.2, -0.15) is 0 Å². The smallest absolute Gasteiger partial charge is 0.230 e. The number of carbonyl (C=O) groups is 1. The molecule has 1 N–H and O–H groups in total. The van der Waals surface area contributed by atoms with E-state index < -0.39 is 0 Å². The Hall–Kier alpha value is -2.83. The molecule has 0 unspecified atom stereocenters. The van der Waals surface area contributed by atoms with Gasteiger partial charge in [0.25, 0.3) is 0 Å². The van der Waals surface area contributed by atoms with Gasteiger partial charge in [0.15, 0.2) is 5.13 Å². The zero-order valence-electron chi connectivity index (χ0n) is 14.4. The normalized spacial score (nSPS) is 10.9. The Morgan fingerprint density at radius 2 is 2.15 bits per heavy atom. The summed E-state index contributed by atoms with van der Waals surface area (Å²) in [5.41, 5.74) is 3.08. The van der Waals surface area contributed by atoms with Crippen molar-refractivity contribution in [2.75, 3.05) is 12.4 Å². The standard InChI is InChI=1S/C20H15ClN2O3S/c1-25-13-6-7-14-12(10-26-18(14)9-13)8-19(24)23-20-22-17(11-27-20)15-4-2-3-5-16(15)21/h2-7,9-11H,8H2,1H3,(H,22,23,24). The number of rotatable bonds is 5. The van der Waals surface area contributed by atoms with Gasteiger partial charge in [-0.1, -0.05) is 29.8 Å². The van der Waals surface area contributed by atoms with Gasteiger partial charge in [0.2, 0.25) is 5.91 Å². The number of halogens is 1. The van der Waals surface area contributed by atoms with Crippen LogP contribution in [0.5, 0.6) is 5.75 Å². The minimum atomic E-state index is -0.159. The van der Waals surface area contributed by atoms with Crippen LogP contribution in [0.4, 0.5) is 5.13 Å². The van der Waals surface area contributed by atoms with Crippen LogP contribution in [-0.4, -0.2) is 18.0 Å². The first kappa shape index (κ1) is 17.6. The van der Waals surface area contributed by atoms with Crippen LogP contribution >= 0.6 is 22.9 Å². The first-order chi connectivity index (χ1) is 13.1. The SMILES string of the molecule is COc1ccc2c(CC(=O)Nc3nc(-c4ccccc4Cl)cs3)coc2c1. The van der Waals surface area contributed by atoms with E-state index in [1.54, 1.807) is 19.4 Å². The zero-order chi connectivity index (χ0) is 18.8. The Morgan fingerprint density at radius 1 is 1.30 bits per heavy atom.